The van der Waals surface area contributed by atoms with Gasteiger partial charge in [0, 0.05) is 24.5 Å². The van der Waals surface area contributed by atoms with E-state index < -0.39 is 8.32 Å². The van der Waals surface area contributed by atoms with E-state index in [9.17, 15) is 0 Å². The summed E-state index contributed by atoms with van der Waals surface area (Å²) in [6.07, 6.45) is 1.94. The summed E-state index contributed by atoms with van der Waals surface area (Å²) >= 11 is 3.73. The molecule has 3 aromatic carbocycles. The highest BCUT2D eigenvalue weighted by Gasteiger charge is 2.51. The Kier molecular flexibility index (Phi) is 9.64. The minimum Gasteiger partial charge on any atom is -0.497 e. The van der Waals surface area contributed by atoms with Gasteiger partial charge in [-0.3, -0.25) is 0 Å². The predicted octanol–water partition coefficient (Wildman–Crippen LogP) is 6.05. The number of hydrogen-bond acceptors (Lipinski definition) is 8. The second-order valence-electron chi connectivity index (χ2n) is 14.8. The summed E-state index contributed by atoms with van der Waals surface area (Å²) in [6, 6.07) is 29.6. The lowest BCUT2D eigenvalue weighted by Crippen LogP contribution is -2.66. The maximum Gasteiger partial charge on any atom is 0.261 e. The molecule has 9 nitrogen and oxygen atoms in total. The van der Waals surface area contributed by atoms with E-state index in [1.165, 1.54) is 10.4 Å². The van der Waals surface area contributed by atoms with Crippen LogP contribution in [-0.4, -0.2) is 67.0 Å². The van der Waals surface area contributed by atoms with Crippen molar-refractivity contribution in [1.82, 2.24) is 19.7 Å². The third kappa shape index (κ3) is 6.28. The fourth-order valence-electron chi connectivity index (χ4n) is 7.91. The topological polar surface area (TPSA) is 101 Å². The van der Waals surface area contributed by atoms with Gasteiger partial charge in [0.15, 0.2) is 16.1 Å². The number of rotatable bonds is 9. The number of anilines is 1. The number of ether oxygens (including phenoxy) is 2. The first-order valence-corrected chi connectivity index (χ1v) is 20.2. The molecule has 2 aromatic heterocycles. The summed E-state index contributed by atoms with van der Waals surface area (Å²) in [5.41, 5.74) is 10.0. The lowest BCUT2D eigenvalue weighted by atomic mass is 9.73. The molecule has 262 valence electrons. The first kappa shape index (κ1) is 34.8. The molecule has 50 heavy (non-hydrogen) atoms. The molecule has 5 aromatic rings. The molecule has 11 heteroatoms. The highest BCUT2D eigenvalue weighted by molar-refractivity contribution is 9.10. The Morgan fingerprint density at radius 1 is 0.940 bits per heavy atom. The van der Waals surface area contributed by atoms with Gasteiger partial charge in [0.2, 0.25) is 0 Å². The van der Waals surface area contributed by atoms with Gasteiger partial charge < -0.3 is 24.5 Å². The van der Waals surface area contributed by atoms with Crippen LogP contribution in [0.25, 0.3) is 11.2 Å². The Morgan fingerprint density at radius 3 is 2.10 bits per heavy atom. The first-order valence-electron chi connectivity index (χ1n) is 17.5. The number of fused-ring (bicyclic) bond motifs is 1. The van der Waals surface area contributed by atoms with Gasteiger partial charge in [-0.1, -0.05) is 93.6 Å². The Morgan fingerprint density at radius 2 is 1.56 bits per heavy atom. The molecule has 2 atom stereocenters. The Labute approximate surface area is 304 Å². The molecule has 2 aliphatic heterocycles. The van der Waals surface area contributed by atoms with Crippen LogP contribution in [0.3, 0.4) is 0 Å². The highest BCUT2D eigenvalue weighted by Crippen LogP contribution is 2.43. The number of nitrogens with two attached hydrogens (primary N) is 1. The van der Waals surface area contributed by atoms with Gasteiger partial charge in [-0.15, -0.1) is 0 Å². The van der Waals surface area contributed by atoms with E-state index in [0.29, 0.717) is 30.0 Å². The molecule has 0 bridgehead atoms. The molecule has 1 spiro atoms. The molecule has 0 saturated carbocycles. The maximum atomic E-state index is 7.46. The molecular weight excluding hydrogens is 708 g/mol. The summed E-state index contributed by atoms with van der Waals surface area (Å²) in [5, 5.41) is 7.14. The van der Waals surface area contributed by atoms with Gasteiger partial charge in [0.1, 0.15) is 17.0 Å². The summed E-state index contributed by atoms with van der Waals surface area (Å²) in [5.74, 6) is 1.66. The first-order chi connectivity index (χ1) is 24.0. The van der Waals surface area contributed by atoms with Crippen molar-refractivity contribution in [2.75, 3.05) is 31.7 Å². The average molecular weight is 756 g/mol. The minimum absolute atomic E-state index is 0.0110. The van der Waals surface area contributed by atoms with Crippen LogP contribution >= 0.6 is 15.9 Å². The Hall–Kier alpha value is -3.61. The van der Waals surface area contributed by atoms with Crippen molar-refractivity contribution >= 4 is 51.6 Å². The van der Waals surface area contributed by atoms with Crippen molar-refractivity contribution in [3.05, 3.63) is 101 Å². The molecule has 7 rings (SSSR count). The van der Waals surface area contributed by atoms with E-state index in [1.807, 2.05) is 16.8 Å². The Balaban J connectivity index is 1.31. The van der Waals surface area contributed by atoms with Crippen LogP contribution in [0.2, 0.25) is 5.04 Å². The quantitative estimate of drug-likeness (QED) is 0.182. The summed E-state index contributed by atoms with van der Waals surface area (Å²) in [4.78, 5) is 13.1. The van der Waals surface area contributed by atoms with Crippen LogP contribution in [0, 0.1) is 5.41 Å². The second-order valence-corrected chi connectivity index (χ2v) is 19.9. The normalized spacial score (nSPS) is 19.4. The van der Waals surface area contributed by atoms with Crippen LogP contribution in [0.4, 0.5) is 5.82 Å². The second kappa shape index (κ2) is 13.8. The standard InChI is InChI=1S/C39H47BrN6O3Si/c1-27-34(41)39(26-48-27)20-22-45(23-21-39)36-32(42-37-33(43-36)35(40)44-46(37)24-28-16-18-29(47-5)19-17-28)25-49-50(38(2,3)4,30-12-8-6-9-13-30)31-14-10-7-11-15-31/h6-19,27,34H,20-26,41H2,1-5H3/t27-,34+/m0/s1. The van der Waals surface area contributed by atoms with E-state index in [2.05, 4.69) is 121 Å². The molecule has 2 N–H and O–H groups in total. The monoisotopic (exact) mass is 754 g/mol. The van der Waals surface area contributed by atoms with Crippen molar-refractivity contribution in [2.24, 2.45) is 11.1 Å². The average Bonchev–Trinajstić information content (AvgIpc) is 3.58. The Bertz CT molecular complexity index is 1890. The molecule has 4 heterocycles. The van der Waals surface area contributed by atoms with E-state index in [0.717, 1.165) is 54.3 Å². The lowest BCUT2D eigenvalue weighted by molar-refractivity contribution is 0.0973. The lowest BCUT2D eigenvalue weighted by Gasteiger charge is -2.43. The molecular formula is C39H47BrN6O3Si. The molecule has 0 aliphatic carbocycles. The number of hydrogen-bond donors (Lipinski definition) is 1. The van der Waals surface area contributed by atoms with E-state index >= 15 is 0 Å². The molecule has 2 aliphatic rings. The number of methoxy groups -OCH3 is 1. The molecule has 0 radical (unpaired) electrons. The fourth-order valence-corrected chi connectivity index (χ4v) is 12.9. The number of benzene rings is 3. The van der Waals surface area contributed by atoms with E-state index in [-0.39, 0.29) is 22.6 Å². The van der Waals surface area contributed by atoms with Gasteiger partial charge >= 0.3 is 0 Å². The highest BCUT2D eigenvalue weighted by atomic mass is 79.9. The summed E-state index contributed by atoms with van der Waals surface area (Å²) in [7, 11) is -1.18. The molecule has 2 fully saturated rings. The predicted molar refractivity (Wildman–Crippen MR) is 205 cm³/mol. The zero-order chi connectivity index (χ0) is 35.1. The van der Waals surface area contributed by atoms with Gasteiger partial charge in [-0.25, -0.2) is 14.6 Å². The van der Waals surface area contributed by atoms with Crippen molar-refractivity contribution in [3.63, 3.8) is 0 Å². The third-order valence-corrected chi connectivity index (χ3v) is 16.3. The van der Waals surface area contributed by atoms with Crippen LogP contribution in [0.1, 0.15) is 51.8 Å². The zero-order valence-electron chi connectivity index (χ0n) is 29.6. The van der Waals surface area contributed by atoms with Crippen LogP contribution in [-0.2, 0) is 22.3 Å². The van der Waals surface area contributed by atoms with Crippen LogP contribution in [0.15, 0.2) is 89.5 Å². The van der Waals surface area contributed by atoms with Crippen LogP contribution in [0.5, 0.6) is 5.75 Å². The zero-order valence-corrected chi connectivity index (χ0v) is 32.2. The van der Waals surface area contributed by atoms with Crippen molar-refractivity contribution < 1.29 is 13.9 Å². The van der Waals surface area contributed by atoms with Gasteiger partial charge in [0.25, 0.3) is 8.32 Å². The third-order valence-electron chi connectivity index (χ3n) is 10.8. The number of piperidine rings is 1. The maximum absolute atomic E-state index is 7.46. The van der Waals surface area contributed by atoms with Gasteiger partial charge in [0.05, 0.1) is 33.0 Å². The summed E-state index contributed by atoms with van der Waals surface area (Å²) in [6.45, 7) is 12.2. The summed E-state index contributed by atoms with van der Waals surface area (Å²) < 4.78 is 21.5. The van der Waals surface area contributed by atoms with Crippen molar-refractivity contribution in [2.45, 2.75) is 70.9 Å². The fraction of sp³-hybridized carbons (Fsp3) is 0.410. The van der Waals surface area contributed by atoms with E-state index in [1.54, 1.807) is 7.11 Å². The minimum atomic E-state index is -2.86. The molecule has 0 unspecified atom stereocenters. The SMILES string of the molecule is COc1ccc(Cn2nc(Br)c3nc(N4CCC5(CC4)CO[C@@H](C)[C@H]5N)c(CO[Si](c4ccccc4)(c4ccccc4)C(C)(C)C)nc32)cc1. The van der Waals surface area contributed by atoms with Crippen molar-refractivity contribution in [3.8, 4) is 5.75 Å². The van der Waals surface area contributed by atoms with Gasteiger partial charge in [-0.05, 0) is 68.8 Å². The van der Waals surface area contributed by atoms with Crippen LogP contribution < -0.4 is 25.7 Å². The van der Waals surface area contributed by atoms with Crippen molar-refractivity contribution in [1.29, 1.82) is 0 Å². The largest absolute Gasteiger partial charge is 0.497 e. The van der Waals surface area contributed by atoms with E-state index in [4.69, 9.17) is 34.7 Å². The number of nitrogens with zero attached hydrogens (tertiary/aromatic N) is 5. The molecule has 0 amide bonds. The van der Waals surface area contributed by atoms with Gasteiger partial charge in [-0.2, -0.15) is 5.10 Å². The number of aromatic nitrogens is 4. The molecule has 2 saturated heterocycles. The smallest absolute Gasteiger partial charge is 0.261 e. The number of halogens is 1.